The number of furan rings is 1. The van der Waals surface area contributed by atoms with Gasteiger partial charge >= 0.3 is 5.97 Å². The molecule has 1 aliphatic rings. The van der Waals surface area contributed by atoms with Crippen molar-refractivity contribution < 1.29 is 13.9 Å². The highest BCUT2D eigenvalue weighted by Crippen LogP contribution is 2.31. The first-order chi connectivity index (χ1) is 14.9. The fourth-order valence-corrected chi connectivity index (χ4v) is 4.70. The van der Waals surface area contributed by atoms with Crippen LogP contribution >= 0.6 is 11.3 Å². The number of ether oxygens (including phenoxy) is 1. The minimum Gasteiger partial charge on any atom is -0.465 e. The number of carbonyl (C=O) groups is 1. The van der Waals surface area contributed by atoms with E-state index in [0.29, 0.717) is 32.3 Å². The van der Waals surface area contributed by atoms with Gasteiger partial charge in [0.25, 0.3) is 5.56 Å². The van der Waals surface area contributed by atoms with Gasteiger partial charge in [0.1, 0.15) is 5.76 Å². The highest BCUT2D eigenvalue weighted by atomic mass is 32.1. The molecule has 0 bridgehead atoms. The summed E-state index contributed by atoms with van der Waals surface area (Å²) in [4.78, 5) is 31.4. The molecule has 3 aromatic rings. The van der Waals surface area contributed by atoms with Crippen LogP contribution in [0.5, 0.6) is 0 Å². The minimum atomic E-state index is -0.602. The van der Waals surface area contributed by atoms with Crippen molar-refractivity contribution in [3.63, 3.8) is 0 Å². The zero-order chi connectivity index (χ0) is 22.1. The first kappa shape index (κ1) is 21.1. The number of benzene rings is 1. The number of thiazole rings is 1. The molecule has 1 atom stereocenters. The topological polar surface area (TPSA) is 73.8 Å². The van der Waals surface area contributed by atoms with Gasteiger partial charge in [-0.3, -0.25) is 9.36 Å². The summed E-state index contributed by atoms with van der Waals surface area (Å²) in [6, 6.07) is 11.0. The van der Waals surface area contributed by atoms with Gasteiger partial charge in [0, 0.05) is 6.08 Å². The molecule has 2 aromatic heterocycles. The van der Waals surface area contributed by atoms with Gasteiger partial charge in [-0.2, -0.15) is 0 Å². The zero-order valence-electron chi connectivity index (χ0n) is 17.9. The third-order valence-corrected chi connectivity index (χ3v) is 6.24. The van der Waals surface area contributed by atoms with Gasteiger partial charge < -0.3 is 9.15 Å². The lowest BCUT2D eigenvalue weighted by atomic mass is 9.93. The Balaban J connectivity index is 1.94. The maximum absolute atomic E-state index is 13.4. The van der Waals surface area contributed by atoms with Gasteiger partial charge in [0.2, 0.25) is 0 Å². The van der Waals surface area contributed by atoms with E-state index in [0.717, 1.165) is 5.56 Å². The van der Waals surface area contributed by atoms with Gasteiger partial charge in [0.15, 0.2) is 4.80 Å². The van der Waals surface area contributed by atoms with Crippen LogP contribution in [0, 0.1) is 0 Å². The summed E-state index contributed by atoms with van der Waals surface area (Å²) in [6.07, 6.45) is 3.26. The van der Waals surface area contributed by atoms with Crippen LogP contribution in [0.25, 0.3) is 6.08 Å². The Hall–Kier alpha value is -3.19. The second-order valence-corrected chi connectivity index (χ2v) is 8.65. The van der Waals surface area contributed by atoms with Crippen molar-refractivity contribution in [1.29, 1.82) is 0 Å². The van der Waals surface area contributed by atoms with Crippen molar-refractivity contribution in [1.82, 2.24) is 4.57 Å². The molecule has 1 aromatic carbocycles. The first-order valence-corrected chi connectivity index (χ1v) is 11.1. The number of nitrogens with zero attached hydrogens (tertiary/aromatic N) is 2. The molecular weight excluding hydrogens is 412 g/mol. The van der Waals surface area contributed by atoms with E-state index in [4.69, 9.17) is 9.15 Å². The zero-order valence-corrected chi connectivity index (χ0v) is 18.7. The van der Waals surface area contributed by atoms with Crippen molar-refractivity contribution in [3.8, 4) is 0 Å². The molecule has 0 unspecified atom stereocenters. The van der Waals surface area contributed by atoms with Crippen molar-refractivity contribution in [2.24, 2.45) is 4.99 Å². The first-order valence-electron chi connectivity index (χ1n) is 10.2. The average molecular weight is 437 g/mol. The second kappa shape index (κ2) is 8.51. The van der Waals surface area contributed by atoms with Crippen molar-refractivity contribution >= 4 is 23.4 Å². The number of esters is 1. The maximum Gasteiger partial charge on any atom is 0.338 e. The summed E-state index contributed by atoms with van der Waals surface area (Å²) in [5, 5.41) is 0. The Morgan fingerprint density at radius 1 is 1.29 bits per heavy atom. The summed E-state index contributed by atoms with van der Waals surface area (Å²) >= 11 is 1.28. The molecule has 0 radical (unpaired) electrons. The molecule has 0 saturated carbocycles. The van der Waals surface area contributed by atoms with Crippen LogP contribution in [0.3, 0.4) is 0 Å². The van der Waals surface area contributed by atoms with Crippen molar-refractivity contribution in [2.45, 2.75) is 39.7 Å². The molecule has 0 saturated heterocycles. The van der Waals surface area contributed by atoms with Crippen molar-refractivity contribution in [3.05, 3.63) is 90.5 Å². The standard InChI is InChI=1S/C24H24N2O4S/c1-5-29-23(28)20-15(4)25-24-26(21(20)17-10-8-16(9-11-17)14(2)3)22(27)19(31-24)13-18-7-6-12-30-18/h6-14,21H,5H2,1-4H3/b19-13-/t21-/m1/s1. The normalized spacial score (nSPS) is 16.4. The molecular formula is C24H24N2O4S. The third-order valence-electron chi connectivity index (χ3n) is 5.25. The molecule has 31 heavy (non-hydrogen) atoms. The number of allylic oxidation sites excluding steroid dienone is 1. The number of rotatable bonds is 5. The molecule has 4 rings (SSSR count). The van der Waals surface area contributed by atoms with Crippen LogP contribution in [0.2, 0.25) is 0 Å². The van der Waals surface area contributed by atoms with Gasteiger partial charge in [-0.25, -0.2) is 9.79 Å². The minimum absolute atomic E-state index is 0.215. The summed E-state index contributed by atoms with van der Waals surface area (Å²) < 4.78 is 12.8. The smallest absolute Gasteiger partial charge is 0.338 e. The lowest BCUT2D eigenvalue weighted by Gasteiger charge is -2.25. The fourth-order valence-electron chi connectivity index (χ4n) is 3.67. The number of carbonyl (C=O) groups excluding carboxylic acids is 1. The van der Waals surface area contributed by atoms with Gasteiger partial charge in [-0.05, 0) is 43.0 Å². The Morgan fingerprint density at radius 3 is 2.65 bits per heavy atom. The summed E-state index contributed by atoms with van der Waals surface area (Å²) in [5.41, 5.74) is 2.76. The van der Waals surface area contributed by atoms with Crippen LogP contribution in [0.1, 0.15) is 56.5 Å². The monoisotopic (exact) mass is 436 g/mol. The Bertz CT molecular complexity index is 1310. The molecule has 1 aliphatic heterocycles. The van der Waals surface area contributed by atoms with E-state index in [9.17, 15) is 9.59 Å². The van der Waals surface area contributed by atoms with E-state index in [2.05, 4.69) is 18.8 Å². The molecule has 3 heterocycles. The van der Waals surface area contributed by atoms with Gasteiger partial charge in [-0.15, -0.1) is 0 Å². The Labute approximate surface area is 183 Å². The molecule has 6 nitrogen and oxygen atoms in total. The Kier molecular flexibility index (Phi) is 5.78. The van der Waals surface area contributed by atoms with E-state index >= 15 is 0 Å². The molecule has 0 spiro atoms. The molecule has 0 amide bonds. The quantitative estimate of drug-likeness (QED) is 0.574. The van der Waals surface area contributed by atoms with Crippen LogP contribution in [0.15, 0.2) is 68.1 Å². The summed E-state index contributed by atoms with van der Waals surface area (Å²) in [5.74, 6) is 0.512. The molecule has 0 N–H and O–H groups in total. The van der Waals surface area contributed by atoms with Crippen LogP contribution in [-0.4, -0.2) is 17.1 Å². The van der Waals surface area contributed by atoms with E-state index in [1.54, 1.807) is 42.9 Å². The largest absolute Gasteiger partial charge is 0.465 e. The summed E-state index contributed by atoms with van der Waals surface area (Å²) in [7, 11) is 0. The van der Waals surface area contributed by atoms with E-state index in [1.165, 1.54) is 16.9 Å². The molecule has 160 valence electrons. The third kappa shape index (κ3) is 3.93. The molecule has 0 fully saturated rings. The Morgan fingerprint density at radius 2 is 2.03 bits per heavy atom. The second-order valence-electron chi connectivity index (χ2n) is 7.64. The van der Waals surface area contributed by atoms with Crippen LogP contribution in [-0.2, 0) is 9.53 Å². The molecule has 7 heteroatoms. The van der Waals surface area contributed by atoms with E-state index in [1.807, 2.05) is 24.3 Å². The van der Waals surface area contributed by atoms with Crippen LogP contribution < -0.4 is 14.9 Å². The number of hydrogen-bond acceptors (Lipinski definition) is 6. The van der Waals surface area contributed by atoms with E-state index < -0.39 is 12.0 Å². The highest BCUT2D eigenvalue weighted by Gasteiger charge is 2.33. The number of hydrogen-bond donors (Lipinski definition) is 0. The average Bonchev–Trinajstić information content (AvgIpc) is 3.35. The molecule has 0 aliphatic carbocycles. The SMILES string of the molecule is CCOC(=O)C1=C(C)N=c2s/c(=C\c3ccco3)c(=O)n2[C@@H]1c1ccc(C(C)C)cc1. The summed E-state index contributed by atoms with van der Waals surface area (Å²) in [6.45, 7) is 8.04. The van der Waals surface area contributed by atoms with E-state index in [-0.39, 0.29) is 12.2 Å². The van der Waals surface area contributed by atoms with Crippen LogP contribution in [0.4, 0.5) is 0 Å². The van der Waals surface area contributed by atoms with Gasteiger partial charge in [-0.1, -0.05) is 49.4 Å². The number of fused-ring (bicyclic) bond motifs is 1. The predicted octanol–water partition coefficient (Wildman–Crippen LogP) is 3.51. The number of aromatic nitrogens is 1. The lowest BCUT2D eigenvalue weighted by Crippen LogP contribution is -2.39. The highest BCUT2D eigenvalue weighted by molar-refractivity contribution is 7.07. The fraction of sp³-hybridized carbons (Fsp3) is 0.292. The van der Waals surface area contributed by atoms with Gasteiger partial charge in [0.05, 0.1) is 34.7 Å². The maximum atomic E-state index is 13.4. The van der Waals surface area contributed by atoms with Crippen molar-refractivity contribution in [2.75, 3.05) is 6.61 Å². The predicted molar refractivity (Wildman–Crippen MR) is 120 cm³/mol. The lowest BCUT2D eigenvalue weighted by molar-refractivity contribution is -0.139.